The zero-order valence-electron chi connectivity index (χ0n) is 7.71. The fourth-order valence-corrected chi connectivity index (χ4v) is 1.67. The topological polar surface area (TPSA) is 63.3 Å². The molecule has 0 amide bonds. The number of anilines is 1. The minimum Gasteiger partial charge on any atom is -0.481 e. The van der Waals surface area contributed by atoms with E-state index in [1.54, 1.807) is 18.2 Å². The Morgan fingerprint density at radius 3 is 2.40 bits per heavy atom. The minimum absolute atomic E-state index is 0.0724. The molecule has 0 fully saturated rings. The van der Waals surface area contributed by atoms with Crippen molar-refractivity contribution in [3.63, 3.8) is 0 Å². The van der Waals surface area contributed by atoms with E-state index < -0.39 is 5.97 Å². The maximum absolute atomic E-state index is 10.3. The van der Waals surface area contributed by atoms with Gasteiger partial charge in [0, 0.05) is 11.3 Å². The maximum Gasteiger partial charge on any atom is 0.307 e. The summed E-state index contributed by atoms with van der Waals surface area (Å²) in [5, 5.41) is 9.25. The van der Waals surface area contributed by atoms with Crippen molar-refractivity contribution >= 4 is 40.9 Å². The van der Waals surface area contributed by atoms with Crippen LogP contribution in [0.4, 0.5) is 5.69 Å². The predicted molar refractivity (Wildman–Crippen MR) is 62.2 cm³/mol. The number of hydrogen-bond donors (Lipinski definition) is 2. The van der Waals surface area contributed by atoms with Crippen molar-refractivity contribution in [3.05, 3.63) is 33.8 Å². The lowest BCUT2D eigenvalue weighted by Gasteiger charge is -2.03. The van der Waals surface area contributed by atoms with Gasteiger partial charge >= 0.3 is 5.97 Å². The van der Waals surface area contributed by atoms with E-state index in [4.69, 9.17) is 34.0 Å². The summed E-state index contributed by atoms with van der Waals surface area (Å²) < 4.78 is 0. The first kappa shape index (κ1) is 11.9. The van der Waals surface area contributed by atoms with Crippen LogP contribution in [-0.2, 0) is 4.79 Å². The van der Waals surface area contributed by atoms with Gasteiger partial charge in [0.25, 0.3) is 0 Å². The van der Waals surface area contributed by atoms with Crippen LogP contribution >= 0.6 is 23.2 Å². The van der Waals surface area contributed by atoms with Crippen LogP contribution in [0.15, 0.2) is 18.2 Å². The molecule has 5 heteroatoms. The molecule has 3 nitrogen and oxygen atoms in total. The van der Waals surface area contributed by atoms with Gasteiger partial charge in [-0.3, -0.25) is 4.79 Å². The van der Waals surface area contributed by atoms with Crippen LogP contribution in [0.3, 0.4) is 0 Å². The van der Waals surface area contributed by atoms with E-state index in [0.29, 0.717) is 21.3 Å². The number of benzene rings is 1. The molecule has 0 aromatic heterocycles. The summed E-state index contributed by atoms with van der Waals surface area (Å²) in [5.74, 6) is -0.908. The highest BCUT2D eigenvalue weighted by Crippen LogP contribution is 2.28. The third kappa shape index (κ3) is 3.46. The van der Waals surface area contributed by atoms with Crippen LogP contribution < -0.4 is 5.73 Å². The van der Waals surface area contributed by atoms with Crippen LogP contribution in [0, 0.1) is 0 Å². The van der Waals surface area contributed by atoms with Gasteiger partial charge in [0.15, 0.2) is 0 Å². The Hall–Kier alpha value is -1.19. The number of halogens is 2. The van der Waals surface area contributed by atoms with Gasteiger partial charge < -0.3 is 10.8 Å². The first-order valence-corrected chi connectivity index (χ1v) is 4.89. The van der Waals surface area contributed by atoms with Gasteiger partial charge in [-0.2, -0.15) is 0 Å². The van der Waals surface area contributed by atoms with Crippen LogP contribution in [-0.4, -0.2) is 11.1 Å². The van der Waals surface area contributed by atoms with E-state index in [2.05, 4.69) is 0 Å². The second-order valence-corrected chi connectivity index (χ2v) is 3.71. The number of carboxylic acid groups (broad SMARTS) is 1. The molecule has 0 unspecified atom stereocenters. The highest BCUT2D eigenvalue weighted by atomic mass is 35.5. The largest absolute Gasteiger partial charge is 0.481 e. The van der Waals surface area contributed by atoms with Crippen molar-refractivity contribution in [1.29, 1.82) is 0 Å². The molecule has 1 aromatic rings. The van der Waals surface area contributed by atoms with Crippen LogP contribution in [0.25, 0.3) is 6.08 Å². The number of carbonyl (C=O) groups is 1. The smallest absolute Gasteiger partial charge is 0.307 e. The Labute approximate surface area is 97.1 Å². The lowest BCUT2D eigenvalue weighted by Crippen LogP contribution is -1.90. The summed E-state index contributed by atoms with van der Waals surface area (Å²) in [7, 11) is 0. The van der Waals surface area contributed by atoms with Gasteiger partial charge in [-0.15, -0.1) is 0 Å². The Morgan fingerprint density at radius 1 is 1.40 bits per heavy atom. The van der Waals surface area contributed by atoms with E-state index in [9.17, 15) is 4.79 Å². The number of rotatable bonds is 3. The maximum atomic E-state index is 10.3. The monoisotopic (exact) mass is 245 g/mol. The molecular weight excluding hydrogens is 237 g/mol. The van der Waals surface area contributed by atoms with Gasteiger partial charge in [-0.05, 0) is 12.1 Å². The van der Waals surface area contributed by atoms with Crippen molar-refractivity contribution in [2.75, 3.05) is 5.73 Å². The van der Waals surface area contributed by atoms with Gasteiger partial charge in [-0.1, -0.05) is 35.4 Å². The van der Waals surface area contributed by atoms with Crippen molar-refractivity contribution in [2.24, 2.45) is 0 Å². The Morgan fingerprint density at radius 2 is 1.93 bits per heavy atom. The average molecular weight is 246 g/mol. The quantitative estimate of drug-likeness (QED) is 0.805. The fourth-order valence-electron chi connectivity index (χ4n) is 1.04. The lowest BCUT2D eigenvalue weighted by atomic mass is 10.2. The molecule has 80 valence electrons. The molecule has 0 heterocycles. The van der Waals surface area contributed by atoms with E-state index >= 15 is 0 Å². The molecule has 0 aliphatic heterocycles. The summed E-state index contributed by atoms with van der Waals surface area (Å²) in [6.07, 6.45) is 2.97. The van der Waals surface area contributed by atoms with E-state index in [-0.39, 0.29) is 6.42 Å². The third-order valence-corrected chi connectivity index (χ3v) is 2.30. The van der Waals surface area contributed by atoms with Crippen molar-refractivity contribution in [2.45, 2.75) is 6.42 Å². The van der Waals surface area contributed by atoms with Gasteiger partial charge in [0.05, 0.1) is 16.5 Å². The first-order chi connectivity index (χ1) is 7.00. The molecule has 0 atom stereocenters. The molecular formula is C10H9Cl2NO2. The summed E-state index contributed by atoms with van der Waals surface area (Å²) in [6.45, 7) is 0. The zero-order chi connectivity index (χ0) is 11.4. The summed E-state index contributed by atoms with van der Waals surface area (Å²) >= 11 is 11.8. The first-order valence-electron chi connectivity index (χ1n) is 4.13. The molecule has 0 saturated heterocycles. The third-order valence-electron chi connectivity index (χ3n) is 1.68. The number of aliphatic carboxylic acids is 1. The van der Waals surface area contributed by atoms with Gasteiger partial charge in [0.2, 0.25) is 0 Å². The zero-order valence-corrected chi connectivity index (χ0v) is 9.22. The van der Waals surface area contributed by atoms with Crippen LogP contribution in [0.1, 0.15) is 12.0 Å². The normalized spacial score (nSPS) is 10.8. The molecule has 0 bridgehead atoms. The highest BCUT2D eigenvalue weighted by molar-refractivity contribution is 6.37. The highest BCUT2D eigenvalue weighted by Gasteiger charge is 2.04. The van der Waals surface area contributed by atoms with E-state index in [1.807, 2.05) is 0 Å². The van der Waals surface area contributed by atoms with Crippen LogP contribution in [0.2, 0.25) is 10.0 Å². The molecule has 15 heavy (non-hydrogen) atoms. The van der Waals surface area contributed by atoms with Gasteiger partial charge in [-0.25, -0.2) is 0 Å². The molecule has 0 aliphatic rings. The Kier molecular flexibility index (Phi) is 4.00. The van der Waals surface area contributed by atoms with Crippen molar-refractivity contribution < 1.29 is 9.90 Å². The van der Waals surface area contributed by atoms with Gasteiger partial charge in [0.1, 0.15) is 0 Å². The number of nitrogens with two attached hydrogens (primary N) is 1. The molecule has 0 spiro atoms. The second kappa shape index (κ2) is 5.05. The molecule has 0 radical (unpaired) electrons. The number of nitrogen functional groups attached to an aromatic ring is 1. The van der Waals surface area contributed by atoms with E-state index in [0.717, 1.165) is 0 Å². The SMILES string of the molecule is Nc1cc(Cl)c(C=CCC(=O)O)c(Cl)c1. The molecule has 1 rings (SSSR count). The van der Waals surface area contributed by atoms with E-state index in [1.165, 1.54) is 6.08 Å². The van der Waals surface area contributed by atoms with Crippen molar-refractivity contribution in [1.82, 2.24) is 0 Å². The second-order valence-electron chi connectivity index (χ2n) is 2.90. The number of hydrogen-bond acceptors (Lipinski definition) is 2. The average Bonchev–Trinajstić information content (AvgIpc) is 2.08. The Balaban J connectivity index is 2.94. The summed E-state index contributed by atoms with van der Waals surface area (Å²) in [4.78, 5) is 10.3. The molecule has 0 saturated carbocycles. The Bertz CT molecular complexity index is 393. The van der Waals surface area contributed by atoms with Crippen LogP contribution in [0.5, 0.6) is 0 Å². The van der Waals surface area contributed by atoms with Crippen molar-refractivity contribution in [3.8, 4) is 0 Å². The predicted octanol–water partition coefficient (Wildman–Crippen LogP) is 3.06. The fraction of sp³-hybridized carbons (Fsp3) is 0.100. The lowest BCUT2D eigenvalue weighted by molar-refractivity contribution is -0.135. The number of carboxylic acids is 1. The summed E-state index contributed by atoms with van der Waals surface area (Å²) in [5.41, 5.74) is 6.57. The standard InChI is InChI=1S/C10H9Cl2NO2/c11-8-4-6(13)5-9(12)7(8)2-1-3-10(14)15/h1-2,4-5H,3,13H2,(H,14,15). The summed E-state index contributed by atoms with van der Waals surface area (Å²) in [6, 6.07) is 3.13. The molecule has 0 aliphatic carbocycles. The molecule has 1 aromatic carbocycles. The minimum atomic E-state index is -0.908. The molecule has 3 N–H and O–H groups in total.